The second kappa shape index (κ2) is 18.7. The molecule has 10 atom stereocenters. The van der Waals surface area contributed by atoms with Crippen LogP contribution < -0.4 is 10.1 Å². The zero-order chi connectivity index (χ0) is 45.4. The number of rotatable bonds is 4. The number of ether oxygens (including phenoxy) is 4. The minimum atomic E-state index is -2.04. The Hall–Kier alpha value is -5.16. The highest BCUT2D eigenvalue weighted by molar-refractivity contribution is 6.23. The minimum absolute atomic E-state index is 0.0633. The molecule has 2 aromatic rings. The van der Waals surface area contributed by atoms with Crippen LogP contribution in [-0.2, 0) is 23.8 Å². The summed E-state index contributed by atoms with van der Waals surface area (Å²) in [5, 5.41) is 67.6. The number of aromatic hydroxyl groups is 3. The number of carbonyl (C=O) groups is 3. The van der Waals surface area contributed by atoms with Gasteiger partial charge in [0.15, 0.2) is 5.75 Å². The predicted octanol–water partition coefficient (Wildman–Crippen LogP) is 5.26. The summed E-state index contributed by atoms with van der Waals surface area (Å²) in [4.78, 5) is 43.2. The molecule has 2 aromatic carbocycles. The molecule has 2 fully saturated rings. The average Bonchev–Trinajstić information content (AvgIpc) is 3.51. The maximum Gasteiger partial charge on any atom is 0.312 e. The van der Waals surface area contributed by atoms with Gasteiger partial charge >= 0.3 is 11.8 Å². The van der Waals surface area contributed by atoms with E-state index in [-0.39, 0.29) is 44.5 Å². The van der Waals surface area contributed by atoms with Crippen LogP contribution in [0, 0.1) is 30.6 Å². The van der Waals surface area contributed by atoms with E-state index in [0.29, 0.717) is 19.1 Å². The van der Waals surface area contributed by atoms with Crippen molar-refractivity contribution in [3.8, 4) is 23.0 Å². The fourth-order valence-electron chi connectivity index (χ4n) is 9.26. The fraction of sp³-hybridized carbons (Fsp3) is 0.565. The zero-order valence-electron chi connectivity index (χ0n) is 37.0. The van der Waals surface area contributed by atoms with Crippen LogP contribution in [0.3, 0.4) is 0 Å². The van der Waals surface area contributed by atoms with E-state index >= 15 is 0 Å². The van der Waals surface area contributed by atoms with Crippen LogP contribution in [0.2, 0.25) is 0 Å². The minimum Gasteiger partial charge on any atom is -0.507 e. The number of carbonyl (C=O) groups excluding carboxylic acids is 3. The Morgan fingerprint density at radius 2 is 1.68 bits per heavy atom. The molecule has 0 spiro atoms. The van der Waals surface area contributed by atoms with Gasteiger partial charge in [0.25, 0.3) is 11.7 Å². The van der Waals surface area contributed by atoms with Crippen molar-refractivity contribution in [1.29, 1.82) is 0 Å². The highest BCUT2D eigenvalue weighted by atomic mass is 16.7. The molecule has 10 unspecified atom stereocenters. The number of nitrogens with zero attached hydrogens (tertiary/aromatic N) is 3. The van der Waals surface area contributed by atoms with Gasteiger partial charge in [-0.3, -0.25) is 24.3 Å². The molecule has 338 valence electrons. The molecule has 5 aliphatic heterocycles. The topological polar surface area (TPSA) is 220 Å². The number of hydrazone groups is 1. The summed E-state index contributed by atoms with van der Waals surface area (Å²) in [6.45, 7) is 15.6. The van der Waals surface area contributed by atoms with Crippen molar-refractivity contribution >= 4 is 40.3 Å². The second-order valence-corrected chi connectivity index (χ2v) is 17.5. The molecule has 2 saturated heterocycles. The van der Waals surface area contributed by atoms with Gasteiger partial charge in [-0.2, -0.15) is 5.10 Å². The van der Waals surface area contributed by atoms with Crippen molar-refractivity contribution in [3.05, 3.63) is 52.8 Å². The molecular weight excluding hydrogens is 801 g/mol. The first kappa shape index (κ1) is 46.3. The lowest BCUT2D eigenvalue weighted by molar-refractivity contribution is -0.160. The average molecular weight is 863 g/mol. The number of amides is 1. The van der Waals surface area contributed by atoms with Crippen LogP contribution in [-0.4, -0.2) is 129 Å². The molecule has 7 rings (SSSR count). The molecule has 16 heteroatoms. The number of fused-ring (bicyclic) bond motifs is 15. The maximum absolute atomic E-state index is 14.5. The first-order valence-corrected chi connectivity index (χ1v) is 21.4. The molecule has 5 heterocycles. The number of anilines is 1. The maximum atomic E-state index is 14.5. The molecule has 0 aromatic heterocycles. The smallest absolute Gasteiger partial charge is 0.312 e. The number of nitrogens with one attached hydrogen (secondary N) is 1. The number of methoxy groups -OCH3 is 1. The highest BCUT2D eigenvalue weighted by Crippen LogP contribution is 2.55. The second-order valence-electron chi connectivity index (χ2n) is 17.5. The Kier molecular flexibility index (Phi) is 14.0. The van der Waals surface area contributed by atoms with Crippen LogP contribution in [0.15, 0.2) is 41.2 Å². The van der Waals surface area contributed by atoms with E-state index in [1.807, 2.05) is 5.01 Å². The van der Waals surface area contributed by atoms with E-state index in [1.54, 1.807) is 39.8 Å². The van der Waals surface area contributed by atoms with Crippen LogP contribution in [0.25, 0.3) is 10.8 Å². The van der Waals surface area contributed by atoms with E-state index in [9.17, 15) is 39.9 Å². The van der Waals surface area contributed by atoms with Crippen LogP contribution >= 0.6 is 0 Å². The number of piperidine rings is 1. The van der Waals surface area contributed by atoms with Gasteiger partial charge in [-0.25, -0.2) is 0 Å². The number of phenols is 3. The van der Waals surface area contributed by atoms with Crippen molar-refractivity contribution in [2.75, 3.05) is 38.6 Å². The molecule has 0 radical (unpaired) electrons. The number of phenolic OH excluding ortho intramolecular Hbond substituents is 3. The summed E-state index contributed by atoms with van der Waals surface area (Å²) in [6.07, 6.45) is 8.25. The number of hydrogen-bond donors (Lipinski definition) is 6. The Bertz CT molecular complexity index is 2190. The molecule has 1 amide bonds. The molecule has 0 aliphatic carbocycles. The summed E-state index contributed by atoms with van der Waals surface area (Å²) < 4.78 is 23.7. The van der Waals surface area contributed by atoms with E-state index in [2.05, 4.69) is 10.2 Å². The number of hydrogen-bond acceptors (Lipinski definition) is 15. The third-order valence-corrected chi connectivity index (χ3v) is 13.2. The summed E-state index contributed by atoms with van der Waals surface area (Å²) in [5.74, 6) is -8.27. The van der Waals surface area contributed by atoms with Crippen molar-refractivity contribution in [2.45, 2.75) is 111 Å². The molecule has 5 aliphatic rings. The largest absolute Gasteiger partial charge is 0.507 e. The number of Topliss-reactive ketones (excluding diaryl/α,β-unsaturated/α-hetero) is 1. The Balaban J connectivity index is 1.50. The number of esters is 1. The van der Waals surface area contributed by atoms with Gasteiger partial charge in [0, 0.05) is 80.3 Å². The van der Waals surface area contributed by atoms with Crippen LogP contribution in [0.1, 0.15) is 89.2 Å². The quantitative estimate of drug-likeness (QED) is 0.100. The SMILES string of the molecule is COC1/C=C/OC2(C)Oc3c(C)c(O)c4c(O)c(c(C=NN5CCN6CCCCC6C5)c(O)c4c3C2=O)NC(=O)/C(C)=C\C=C\C(C)C(O)C(C)C(O)C(C)C(OC(C)=O)C1C. The van der Waals surface area contributed by atoms with E-state index in [0.717, 1.165) is 32.4 Å². The monoisotopic (exact) mass is 862 g/mol. The number of benzene rings is 2. The molecule has 62 heavy (non-hydrogen) atoms. The summed E-state index contributed by atoms with van der Waals surface area (Å²) in [5.41, 5.74) is -0.287. The number of aliphatic hydroxyl groups excluding tert-OH is 2. The molecule has 5 bridgehead atoms. The summed E-state index contributed by atoms with van der Waals surface area (Å²) in [7, 11) is 1.44. The third kappa shape index (κ3) is 8.87. The normalized spacial score (nSPS) is 33.4. The van der Waals surface area contributed by atoms with Gasteiger partial charge in [-0.1, -0.05) is 52.3 Å². The standard InChI is InChI=1S/C46H62N4O12/c1-23-13-12-14-24(2)45(58)48-36-31(21-47-50-19-18-49-17-11-10-15-30(49)22-50)40(55)33-34(41(36)56)39(54)28(6)43-35(33)44(57)46(8,62-43)60-20-16-32(59-9)25(3)42(61-29(7)51)27(5)38(53)26(4)37(23)52/h12-14,16,20-21,23,25-27,30,32,37-38,42,52-56H,10-11,15,17-19,22H2,1-9H3,(H,48,58)/b13-12+,20-16+,24-14-,47-21?. The number of aliphatic hydroxyl groups is 2. The van der Waals surface area contributed by atoms with E-state index in [1.165, 1.54) is 59.4 Å². The van der Waals surface area contributed by atoms with Gasteiger partial charge in [0.2, 0.25) is 0 Å². The van der Waals surface area contributed by atoms with Gasteiger partial charge in [-0.05, 0) is 39.3 Å². The first-order valence-electron chi connectivity index (χ1n) is 21.4. The van der Waals surface area contributed by atoms with Gasteiger partial charge in [0.05, 0.1) is 59.5 Å². The lowest BCUT2D eigenvalue weighted by Crippen LogP contribution is -2.53. The van der Waals surface area contributed by atoms with Crippen molar-refractivity contribution in [1.82, 2.24) is 9.91 Å². The van der Waals surface area contributed by atoms with Crippen molar-refractivity contribution in [3.63, 3.8) is 0 Å². The van der Waals surface area contributed by atoms with Crippen molar-refractivity contribution < 1.29 is 58.9 Å². The van der Waals surface area contributed by atoms with Gasteiger partial charge in [0.1, 0.15) is 23.4 Å². The molecule has 6 N–H and O–H groups in total. The first-order chi connectivity index (χ1) is 29.3. The molecule has 16 nitrogen and oxygen atoms in total. The number of allylic oxidation sites excluding steroid dienone is 2. The van der Waals surface area contributed by atoms with E-state index in [4.69, 9.17) is 24.0 Å². The fourth-order valence-corrected chi connectivity index (χ4v) is 9.26. The molecule has 0 saturated carbocycles. The van der Waals surface area contributed by atoms with Crippen LogP contribution in [0.5, 0.6) is 23.0 Å². The predicted molar refractivity (Wildman–Crippen MR) is 232 cm³/mol. The van der Waals surface area contributed by atoms with Gasteiger partial charge in [-0.15, -0.1) is 0 Å². The molecular formula is C46H62N4O12. The third-order valence-electron chi connectivity index (χ3n) is 13.2. The lowest BCUT2D eigenvalue weighted by atomic mass is 9.78. The lowest BCUT2D eigenvalue weighted by Gasteiger charge is -2.42. The highest BCUT2D eigenvalue weighted by Gasteiger charge is 2.50. The summed E-state index contributed by atoms with van der Waals surface area (Å²) >= 11 is 0. The number of ketones is 1. The Morgan fingerprint density at radius 3 is 2.37 bits per heavy atom. The van der Waals surface area contributed by atoms with E-state index < -0.39 is 88.8 Å². The Morgan fingerprint density at radius 1 is 0.952 bits per heavy atom. The summed E-state index contributed by atoms with van der Waals surface area (Å²) in [6, 6.07) is 0.305. The number of piperazine rings is 1. The van der Waals surface area contributed by atoms with Gasteiger partial charge < -0.3 is 49.8 Å². The van der Waals surface area contributed by atoms with Crippen molar-refractivity contribution in [2.24, 2.45) is 28.8 Å². The zero-order valence-corrected chi connectivity index (χ0v) is 37.0. The Labute approximate surface area is 362 Å². The van der Waals surface area contributed by atoms with Crippen LogP contribution in [0.4, 0.5) is 5.69 Å².